The molecule has 0 radical (unpaired) electrons. The van der Waals surface area contributed by atoms with Gasteiger partial charge >= 0.3 is 0 Å². The average molecular weight is 344 g/mol. The Balaban J connectivity index is 4.09. The highest BCUT2D eigenvalue weighted by atomic mass is 16.2. The van der Waals surface area contributed by atoms with Crippen LogP contribution in [0.5, 0.6) is 0 Å². The van der Waals surface area contributed by atoms with Gasteiger partial charge in [0.05, 0.1) is 6.67 Å². The van der Waals surface area contributed by atoms with Gasteiger partial charge in [0.2, 0.25) is 11.8 Å². The molecule has 0 saturated carbocycles. The van der Waals surface area contributed by atoms with Crippen molar-refractivity contribution in [2.45, 2.75) is 51.9 Å². The van der Waals surface area contributed by atoms with E-state index in [9.17, 15) is 9.59 Å². The number of unbranched alkanes of at least 4 members (excludes halogenated alkanes) is 4. The molecule has 0 fully saturated rings. The van der Waals surface area contributed by atoms with Crippen LogP contribution < -0.4 is 21.7 Å². The number of hydrogen-bond acceptors (Lipinski definition) is 5. The third kappa shape index (κ3) is 14.4. The van der Waals surface area contributed by atoms with Gasteiger partial charge in [-0.2, -0.15) is 0 Å². The lowest BCUT2D eigenvalue weighted by Crippen LogP contribution is -2.37. The van der Waals surface area contributed by atoms with E-state index >= 15 is 0 Å². The molecule has 7 nitrogen and oxygen atoms in total. The van der Waals surface area contributed by atoms with Gasteiger partial charge in [-0.3, -0.25) is 9.59 Å². The largest absolute Gasteiger partial charge is 0.355 e. The SMILES string of the molecule is CCCCCCCN(CCC(=O)NCN)CCC(=O)NCCNC. The Hall–Kier alpha value is -1.18. The molecule has 0 unspecified atom stereocenters. The van der Waals surface area contributed by atoms with Gasteiger partial charge in [0.15, 0.2) is 0 Å². The summed E-state index contributed by atoms with van der Waals surface area (Å²) in [5.74, 6) is 0.0274. The van der Waals surface area contributed by atoms with Gasteiger partial charge in [0.25, 0.3) is 0 Å². The zero-order chi connectivity index (χ0) is 18.0. The number of rotatable bonds is 16. The number of carbonyl (C=O) groups excluding carboxylic acids is 2. The lowest BCUT2D eigenvalue weighted by molar-refractivity contribution is -0.121. The Morgan fingerprint density at radius 2 is 1.50 bits per heavy atom. The maximum atomic E-state index is 11.8. The van der Waals surface area contributed by atoms with E-state index in [-0.39, 0.29) is 18.5 Å². The standard InChI is InChI=1S/C17H37N5O2/c1-3-4-5-6-7-12-22(14-9-17(24)21-15-18)13-8-16(23)20-11-10-19-2/h19H,3-15,18H2,1-2H3,(H,20,23)(H,21,24). The summed E-state index contributed by atoms with van der Waals surface area (Å²) >= 11 is 0. The van der Waals surface area contributed by atoms with Crippen LogP contribution >= 0.6 is 0 Å². The van der Waals surface area contributed by atoms with Crippen molar-refractivity contribution in [2.24, 2.45) is 5.73 Å². The number of amides is 2. The summed E-state index contributed by atoms with van der Waals surface area (Å²) in [6.45, 7) is 6.08. The first kappa shape index (κ1) is 22.8. The lowest BCUT2D eigenvalue weighted by Gasteiger charge is -2.22. The Morgan fingerprint density at radius 1 is 0.875 bits per heavy atom. The van der Waals surface area contributed by atoms with Gasteiger partial charge in [0.1, 0.15) is 0 Å². The normalized spacial score (nSPS) is 10.8. The maximum Gasteiger partial charge on any atom is 0.222 e. The molecule has 2 amide bonds. The van der Waals surface area contributed by atoms with E-state index in [1.165, 1.54) is 25.7 Å². The Bertz CT molecular complexity index is 326. The Labute approximate surface area is 147 Å². The fourth-order valence-corrected chi connectivity index (χ4v) is 2.41. The quantitative estimate of drug-likeness (QED) is 0.240. The molecule has 0 aromatic carbocycles. The fraction of sp³-hybridized carbons (Fsp3) is 0.882. The summed E-state index contributed by atoms with van der Waals surface area (Å²) in [5.41, 5.74) is 5.32. The van der Waals surface area contributed by atoms with E-state index in [2.05, 4.69) is 27.8 Å². The van der Waals surface area contributed by atoms with Gasteiger partial charge in [-0.25, -0.2) is 0 Å². The Morgan fingerprint density at radius 3 is 2.08 bits per heavy atom. The topological polar surface area (TPSA) is 99.5 Å². The Kier molecular flexibility index (Phi) is 15.9. The van der Waals surface area contributed by atoms with E-state index in [0.29, 0.717) is 32.5 Å². The maximum absolute atomic E-state index is 11.8. The first-order chi connectivity index (χ1) is 11.6. The van der Waals surface area contributed by atoms with Gasteiger partial charge in [-0.05, 0) is 20.0 Å². The molecule has 0 aromatic rings. The van der Waals surface area contributed by atoms with Crippen molar-refractivity contribution in [3.05, 3.63) is 0 Å². The molecule has 0 aromatic heterocycles. The first-order valence-corrected chi connectivity index (χ1v) is 9.24. The molecule has 142 valence electrons. The number of likely N-dealkylation sites (N-methyl/N-ethyl adjacent to an activating group) is 1. The van der Waals surface area contributed by atoms with Gasteiger partial charge in [-0.1, -0.05) is 32.6 Å². The second-order valence-corrected chi connectivity index (χ2v) is 6.01. The molecule has 7 heteroatoms. The van der Waals surface area contributed by atoms with Gasteiger partial charge in [-0.15, -0.1) is 0 Å². The molecule has 0 spiro atoms. The van der Waals surface area contributed by atoms with Crippen LogP contribution in [-0.4, -0.2) is 63.2 Å². The van der Waals surface area contributed by atoms with Crippen molar-refractivity contribution in [2.75, 3.05) is 46.4 Å². The lowest BCUT2D eigenvalue weighted by atomic mass is 10.1. The third-order valence-corrected chi connectivity index (χ3v) is 3.88. The molecule has 0 saturated heterocycles. The predicted molar refractivity (Wildman–Crippen MR) is 98.6 cm³/mol. The zero-order valence-corrected chi connectivity index (χ0v) is 15.5. The second-order valence-electron chi connectivity index (χ2n) is 6.01. The molecule has 0 aliphatic rings. The van der Waals surface area contributed by atoms with E-state index in [4.69, 9.17) is 5.73 Å². The van der Waals surface area contributed by atoms with Crippen LogP contribution in [-0.2, 0) is 9.59 Å². The third-order valence-electron chi connectivity index (χ3n) is 3.88. The molecular weight excluding hydrogens is 306 g/mol. The van der Waals surface area contributed by atoms with Crippen LogP contribution in [0.1, 0.15) is 51.9 Å². The molecule has 24 heavy (non-hydrogen) atoms. The fourth-order valence-electron chi connectivity index (χ4n) is 2.41. The molecule has 0 aliphatic carbocycles. The van der Waals surface area contributed by atoms with Crippen molar-refractivity contribution in [3.63, 3.8) is 0 Å². The summed E-state index contributed by atoms with van der Waals surface area (Å²) in [4.78, 5) is 25.6. The van der Waals surface area contributed by atoms with Crippen LogP contribution in [0.25, 0.3) is 0 Å². The highest BCUT2D eigenvalue weighted by Crippen LogP contribution is 2.05. The minimum Gasteiger partial charge on any atom is -0.355 e. The molecule has 0 bridgehead atoms. The van der Waals surface area contributed by atoms with Crippen LogP contribution in [0.15, 0.2) is 0 Å². The minimum atomic E-state index is -0.0352. The monoisotopic (exact) mass is 343 g/mol. The van der Waals surface area contributed by atoms with Crippen LogP contribution in [0, 0.1) is 0 Å². The van der Waals surface area contributed by atoms with E-state index in [1.807, 2.05) is 7.05 Å². The van der Waals surface area contributed by atoms with Crippen LogP contribution in [0.2, 0.25) is 0 Å². The summed E-state index contributed by atoms with van der Waals surface area (Å²) in [7, 11) is 1.86. The number of nitrogens with one attached hydrogen (secondary N) is 3. The van der Waals surface area contributed by atoms with Crippen molar-refractivity contribution >= 4 is 11.8 Å². The summed E-state index contributed by atoms with van der Waals surface area (Å²) in [6, 6.07) is 0. The predicted octanol–water partition coefficient (Wildman–Crippen LogP) is 0.407. The smallest absolute Gasteiger partial charge is 0.222 e. The highest BCUT2D eigenvalue weighted by Gasteiger charge is 2.10. The summed E-state index contributed by atoms with van der Waals surface area (Å²) in [6.07, 6.45) is 6.96. The minimum absolute atomic E-state index is 0.0352. The van der Waals surface area contributed by atoms with Crippen LogP contribution in [0.4, 0.5) is 0 Å². The molecule has 0 aliphatic heterocycles. The van der Waals surface area contributed by atoms with Gasteiger partial charge < -0.3 is 26.6 Å². The summed E-state index contributed by atoms with van der Waals surface area (Å²) < 4.78 is 0. The highest BCUT2D eigenvalue weighted by molar-refractivity contribution is 5.76. The van der Waals surface area contributed by atoms with Crippen molar-refractivity contribution in [1.29, 1.82) is 0 Å². The van der Waals surface area contributed by atoms with Crippen LogP contribution in [0.3, 0.4) is 0 Å². The molecule has 0 heterocycles. The van der Waals surface area contributed by atoms with E-state index in [0.717, 1.165) is 19.5 Å². The summed E-state index contributed by atoms with van der Waals surface area (Å²) in [5, 5.41) is 8.49. The van der Waals surface area contributed by atoms with Gasteiger partial charge in [0, 0.05) is 39.0 Å². The first-order valence-electron chi connectivity index (χ1n) is 9.24. The van der Waals surface area contributed by atoms with E-state index < -0.39 is 0 Å². The molecule has 0 atom stereocenters. The van der Waals surface area contributed by atoms with Crippen molar-refractivity contribution < 1.29 is 9.59 Å². The van der Waals surface area contributed by atoms with E-state index in [1.54, 1.807) is 0 Å². The second kappa shape index (κ2) is 16.7. The average Bonchev–Trinajstić information content (AvgIpc) is 2.57. The number of carbonyl (C=O) groups is 2. The zero-order valence-electron chi connectivity index (χ0n) is 15.5. The number of nitrogens with zero attached hydrogens (tertiary/aromatic N) is 1. The van der Waals surface area contributed by atoms with Crippen molar-refractivity contribution in [3.8, 4) is 0 Å². The molecule has 5 N–H and O–H groups in total. The number of nitrogens with two attached hydrogens (primary N) is 1. The number of hydrogen-bond donors (Lipinski definition) is 4. The molecular formula is C17H37N5O2. The molecule has 0 rings (SSSR count). The van der Waals surface area contributed by atoms with Crippen molar-refractivity contribution in [1.82, 2.24) is 20.9 Å².